The normalized spacial score (nSPS) is 21.1. The molecule has 1 fully saturated rings. The predicted octanol–water partition coefficient (Wildman–Crippen LogP) is 3.65. The molecule has 4 aromatic rings. The maximum absolute atomic E-state index is 12.3. The Bertz CT molecular complexity index is 1490. The number of carbonyl (C=O) groups excluding carboxylic acids is 1. The standard InChI is InChI=1S/C29H29N5O3/c35-29-24-6-4-20(14-26(24)37-10-8-30-29)27-25-13-21(15-31-28(25)34-33-27)18-1-2-19-12-22(5-3-17(19)11-18)32-23-7-9-36-16-23/h1-2,4,6,11,13-15,22-23,32H,3,5,7-10,12,16H2,(H,30,35)(H,31,33,34)/t22?,23-/m1/s1. The average Bonchev–Trinajstić information content (AvgIpc) is 3.56. The molecule has 2 atom stereocenters. The number of carbonyl (C=O) groups is 1. The Morgan fingerprint density at radius 2 is 1.89 bits per heavy atom. The van der Waals surface area contributed by atoms with E-state index in [0.717, 1.165) is 72.3 Å². The molecule has 3 N–H and O–H groups in total. The molecular formula is C29H29N5O3. The summed E-state index contributed by atoms with van der Waals surface area (Å²) in [7, 11) is 0. The summed E-state index contributed by atoms with van der Waals surface area (Å²) in [5.41, 5.74) is 8.03. The molecule has 37 heavy (non-hydrogen) atoms. The number of nitrogens with one attached hydrogen (secondary N) is 3. The SMILES string of the molecule is O=C1NCCOc2cc(-c3n[nH]c4ncc(-c5ccc6c(c5)CCC(N[C@@H]5CCOC5)C6)cc34)ccc21. The molecule has 8 nitrogen and oxygen atoms in total. The number of aromatic nitrogens is 3. The topological polar surface area (TPSA) is 101 Å². The van der Waals surface area contributed by atoms with Crippen molar-refractivity contribution in [2.24, 2.45) is 0 Å². The fourth-order valence-electron chi connectivity index (χ4n) is 5.75. The van der Waals surface area contributed by atoms with Gasteiger partial charge in [-0.2, -0.15) is 5.10 Å². The van der Waals surface area contributed by atoms with Crippen LogP contribution in [0.25, 0.3) is 33.4 Å². The second-order valence-electron chi connectivity index (χ2n) is 10.2. The highest BCUT2D eigenvalue weighted by Gasteiger charge is 2.24. The summed E-state index contributed by atoms with van der Waals surface area (Å²) in [6.07, 6.45) is 6.30. The van der Waals surface area contributed by atoms with E-state index in [2.05, 4.69) is 50.1 Å². The van der Waals surface area contributed by atoms with Gasteiger partial charge in [-0.25, -0.2) is 4.98 Å². The van der Waals surface area contributed by atoms with Crippen LogP contribution in [0.2, 0.25) is 0 Å². The lowest BCUT2D eigenvalue weighted by Gasteiger charge is -2.28. The van der Waals surface area contributed by atoms with Crippen molar-refractivity contribution < 1.29 is 14.3 Å². The smallest absolute Gasteiger partial charge is 0.255 e. The summed E-state index contributed by atoms with van der Waals surface area (Å²) in [6, 6.07) is 15.6. The van der Waals surface area contributed by atoms with Crippen LogP contribution in [0.5, 0.6) is 5.75 Å². The fourth-order valence-corrected chi connectivity index (χ4v) is 5.75. The number of aromatic amines is 1. The fraction of sp³-hybridized carbons (Fsp3) is 0.345. The van der Waals surface area contributed by atoms with Crippen LogP contribution in [0.1, 0.15) is 34.3 Å². The number of rotatable bonds is 4. The molecule has 0 spiro atoms. The third-order valence-electron chi connectivity index (χ3n) is 7.73. The Kier molecular flexibility index (Phi) is 5.63. The lowest BCUT2D eigenvalue weighted by molar-refractivity contribution is 0.0957. The molecule has 8 heteroatoms. The van der Waals surface area contributed by atoms with Crippen molar-refractivity contribution in [1.29, 1.82) is 0 Å². The lowest BCUT2D eigenvalue weighted by atomic mass is 9.86. The number of ether oxygens (including phenoxy) is 2. The monoisotopic (exact) mass is 495 g/mol. The zero-order chi connectivity index (χ0) is 24.8. The number of benzene rings is 2. The van der Waals surface area contributed by atoms with E-state index in [0.29, 0.717) is 36.5 Å². The molecular weight excluding hydrogens is 466 g/mol. The van der Waals surface area contributed by atoms with Crippen molar-refractivity contribution in [3.8, 4) is 28.1 Å². The summed E-state index contributed by atoms with van der Waals surface area (Å²) in [5, 5.41) is 15.2. The number of fused-ring (bicyclic) bond motifs is 3. The van der Waals surface area contributed by atoms with Crippen LogP contribution in [-0.2, 0) is 17.6 Å². The molecule has 1 saturated heterocycles. The molecule has 1 amide bonds. The number of amides is 1. The minimum absolute atomic E-state index is 0.114. The Balaban J connectivity index is 1.17. The zero-order valence-corrected chi connectivity index (χ0v) is 20.5. The highest BCUT2D eigenvalue weighted by Crippen LogP contribution is 2.34. The number of nitrogens with zero attached hydrogens (tertiary/aromatic N) is 2. The Hall–Kier alpha value is -3.75. The summed E-state index contributed by atoms with van der Waals surface area (Å²) in [6.45, 7) is 2.65. The highest BCUT2D eigenvalue weighted by molar-refractivity contribution is 5.99. The van der Waals surface area contributed by atoms with Crippen LogP contribution >= 0.6 is 0 Å². The third kappa shape index (κ3) is 4.26. The van der Waals surface area contributed by atoms with E-state index in [-0.39, 0.29) is 5.91 Å². The summed E-state index contributed by atoms with van der Waals surface area (Å²) >= 11 is 0. The van der Waals surface area contributed by atoms with Crippen LogP contribution < -0.4 is 15.4 Å². The first kappa shape index (κ1) is 22.4. The number of H-pyrrole nitrogens is 1. The molecule has 1 aliphatic carbocycles. The second kappa shape index (κ2) is 9.28. The van der Waals surface area contributed by atoms with Crippen molar-refractivity contribution in [2.45, 2.75) is 37.8 Å². The Morgan fingerprint density at radius 3 is 2.81 bits per heavy atom. The summed E-state index contributed by atoms with van der Waals surface area (Å²) < 4.78 is 11.3. The van der Waals surface area contributed by atoms with E-state index in [1.165, 1.54) is 11.1 Å². The van der Waals surface area contributed by atoms with Crippen molar-refractivity contribution in [3.63, 3.8) is 0 Å². The Labute approximate surface area is 214 Å². The molecule has 2 aliphatic heterocycles. The molecule has 188 valence electrons. The molecule has 4 heterocycles. The maximum Gasteiger partial charge on any atom is 0.255 e. The molecule has 2 aromatic heterocycles. The summed E-state index contributed by atoms with van der Waals surface area (Å²) in [4.78, 5) is 16.9. The maximum atomic E-state index is 12.3. The van der Waals surface area contributed by atoms with E-state index >= 15 is 0 Å². The van der Waals surface area contributed by atoms with Crippen molar-refractivity contribution >= 4 is 16.9 Å². The van der Waals surface area contributed by atoms with Gasteiger partial charge < -0.3 is 20.1 Å². The van der Waals surface area contributed by atoms with E-state index < -0.39 is 0 Å². The van der Waals surface area contributed by atoms with Gasteiger partial charge in [0, 0.05) is 41.4 Å². The van der Waals surface area contributed by atoms with Crippen LogP contribution in [0.15, 0.2) is 48.7 Å². The highest BCUT2D eigenvalue weighted by atomic mass is 16.5. The van der Waals surface area contributed by atoms with Gasteiger partial charge in [0.25, 0.3) is 5.91 Å². The molecule has 7 rings (SSSR count). The minimum atomic E-state index is -0.114. The lowest BCUT2D eigenvalue weighted by Crippen LogP contribution is -2.41. The van der Waals surface area contributed by atoms with Crippen LogP contribution in [0.3, 0.4) is 0 Å². The molecule has 1 unspecified atom stereocenters. The molecule has 2 aromatic carbocycles. The number of aryl methyl sites for hydroxylation is 1. The molecule has 3 aliphatic rings. The molecule has 0 bridgehead atoms. The number of pyridine rings is 1. The van der Waals surface area contributed by atoms with E-state index in [9.17, 15) is 4.79 Å². The van der Waals surface area contributed by atoms with E-state index in [4.69, 9.17) is 9.47 Å². The van der Waals surface area contributed by atoms with Gasteiger partial charge in [-0.3, -0.25) is 9.89 Å². The van der Waals surface area contributed by atoms with E-state index in [1.807, 2.05) is 18.3 Å². The van der Waals surface area contributed by atoms with Crippen molar-refractivity contribution in [1.82, 2.24) is 25.8 Å². The van der Waals surface area contributed by atoms with Gasteiger partial charge in [0.2, 0.25) is 0 Å². The average molecular weight is 496 g/mol. The van der Waals surface area contributed by atoms with Gasteiger partial charge in [0.15, 0.2) is 5.65 Å². The zero-order valence-electron chi connectivity index (χ0n) is 20.5. The molecule has 0 radical (unpaired) electrons. The van der Waals surface area contributed by atoms with Gasteiger partial charge in [0.1, 0.15) is 18.1 Å². The van der Waals surface area contributed by atoms with Gasteiger partial charge >= 0.3 is 0 Å². The number of hydrogen-bond donors (Lipinski definition) is 3. The van der Waals surface area contributed by atoms with Crippen LogP contribution in [-0.4, -0.2) is 59.5 Å². The number of hydrogen-bond acceptors (Lipinski definition) is 6. The predicted molar refractivity (Wildman–Crippen MR) is 141 cm³/mol. The van der Waals surface area contributed by atoms with E-state index in [1.54, 1.807) is 6.07 Å². The van der Waals surface area contributed by atoms with Crippen LogP contribution in [0.4, 0.5) is 0 Å². The van der Waals surface area contributed by atoms with Crippen molar-refractivity contribution in [2.75, 3.05) is 26.4 Å². The summed E-state index contributed by atoms with van der Waals surface area (Å²) in [5.74, 6) is 0.465. The van der Waals surface area contributed by atoms with Crippen LogP contribution in [0, 0.1) is 0 Å². The van der Waals surface area contributed by atoms with Gasteiger partial charge in [-0.1, -0.05) is 24.3 Å². The largest absolute Gasteiger partial charge is 0.491 e. The van der Waals surface area contributed by atoms with Crippen molar-refractivity contribution in [3.05, 3.63) is 65.4 Å². The van der Waals surface area contributed by atoms with Gasteiger partial charge in [0.05, 0.1) is 18.7 Å². The second-order valence-corrected chi connectivity index (χ2v) is 10.2. The minimum Gasteiger partial charge on any atom is -0.491 e. The Morgan fingerprint density at radius 1 is 0.946 bits per heavy atom. The van der Waals surface area contributed by atoms with Gasteiger partial charge in [-0.15, -0.1) is 0 Å². The molecule has 0 saturated carbocycles. The third-order valence-corrected chi connectivity index (χ3v) is 7.73. The quantitative estimate of drug-likeness (QED) is 0.400. The first-order valence-electron chi connectivity index (χ1n) is 13.1. The first-order chi connectivity index (χ1) is 18.2. The van der Waals surface area contributed by atoms with Gasteiger partial charge in [-0.05, 0) is 60.6 Å². The first-order valence-corrected chi connectivity index (χ1v) is 13.1.